The Morgan fingerprint density at radius 1 is 1.69 bits per heavy atom. The highest BCUT2D eigenvalue weighted by Gasteiger charge is 1.91. The lowest BCUT2D eigenvalue weighted by molar-refractivity contribution is 0.320. The molecule has 0 aromatic carbocycles. The average molecular weight is 221 g/mol. The summed E-state index contributed by atoms with van der Waals surface area (Å²) < 4.78 is 15.6. The van der Waals surface area contributed by atoms with Crippen LogP contribution in [0.1, 0.15) is 13.3 Å². The third-order valence-electron chi connectivity index (χ3n) is 1.14. The SMILES string of the molecule is CCOC(=S)NCC/C=C/S(C)=O. The predicted molar refractivity (Wildman–Crippen MR) is 60.1 cm³/mol. The summed E-state index contributed by atoms with van der Waals surface area (Å²) in [5.41, 5.74) is 0. The number of ether oxygens (including phenoxy) is 1. The maximum absolute atomic E-state index is 10.6. The topological polar surface area (TPSA) is 38.3 Å². The molecule has 0 radical (unpaired) electrons. The summed E-state index contributed by atoms with van der Waals surface area (Å²) in [4.78, 5) is 0. The summed E-state index contributed by atoms with van der Waals surface area (Å²) in [5, 5.41) is 5.00. The van der Waals surface area contributed by atoms with Gasteiger partial charge < -0.3 is 10.1 Å². The van der Waals surface area contributed by atoms with E-state index in [9.17, 15) is 4.21 Å². The van der Waals surface area contributed by atoms with Gasteiger partial charge in [-0.3, -0.25) is 4.21 Å². The zero-order valence-corrected chi connectivity index (χ0v) is 9.54. The molecule has 0 saturated carbocycles. The quantitative estimate of drug-likeness (QED) is 0.559. The fourth-order valence-corrected chi connectivity index (χ4v) is 1.27. The Balaban J connectivity index is 3.35. The van der Waals surface area contributed by atoms with Crippen LogP contribution in [0.3, 0.4) is 0 Å². The van der Waals surface area contributed by atoms with Gasteiger partial charge in [0, 0.05) is 23.6 Å². The molecule has 0 spiro atoms. The standard InChI is InChI=1S/C8H15NO2S2/c1-3-11-8(12)9-6-4-5-7-13(2)10/h5,7H,3-4,6H2,1-2H3,(H,9,12)/b7-5+. The van der Waals surface area contributed by atoms with Crippen LogP contribution in [0.25, 0.3) is 0 Å². The molecule has 0 rings (SSSR count). The summed E-state index contributed by atoms with van der Waals surface area (Å²) in [6, 6.07) is 0. The van der Waals surface area contributed by atoms with E-state index in [4.69, 9.17) is 17.0 Å². The molecule has 13 heavy (non-hydrogen) atoms. The van der Waals surface area contributed by atoms with Gasteiger partial charge in [-0.25, -0.2) is 0 Å². The molecule has 0 heterocycles. The highest BCUT2D eigenvalue weighted by atomic mass is 32.2. The van der Waals surface area contributed by atoms with Crippen molar-refractivity contribution in [2.45, 2.75) is 13.3 Å². The average Bonchev–Trinajstić information content (AvgIpc) is 2.03. The van der Waals surface area contributed by atoms with Crippen LogP contribution in [0.15, 0.2) is 11.5 Å². The Morgan fingerprint density at radius 2 is 2.38 bits per heavy atom. The highest BCUT2D eigenvalue weighted by molar-refractivity contribution is 7.87. The van der Waals surface area contributed by atoms with Crippen molar-refractivity contribution in [2.24, 2.45) is 0 Å². The molecule has 5 heteroatoms. The van der Waals surface area contributed by atoms with E-state index in [1.54, 1.807) is 11.7 Å². The third kappa shape index (κ3) is 9.49. The molecule has 0 aliphatic rings. The minimum atomic E-state index is -0.856. The Kier molecular flexibility index (Phi) is 7.93. The number of rotatable bonds is 5. The van der Waals surface area contributed by atoms with E-state index in [-0.39, 0.29) is 0 Å². The van der Waals surface area contributed by atoms with E-state index in [0.29, 0.717) is 18.3 Å². The minimum absolute atomic E-state index is 0.425. The fourth-order valence-electron chi connectivity index (χ4n) is 0.643. The molecule has 0 aromatic heterocycles. The predicted octanol–water partition coefficient (Wildman–Crippen LogP) is 1.18. The van der Waals surface area contributed by atoms with Gasteiger partial charge in [0.1, 0.15) is 0 Å². The van der Waals surface area contributed by atoms with Crippen molar-refractivity contribution in [1.82, 2.24) is 5.32 Å². The summed E-state index contributed by atoms with van der Waals surface area (Å²) in [6.45, 7) is 3.18. The fraction of sp³-hybridized carbons (Fsp3) is 0.625. The van der Waals surface area contributed by atoms with E-state index < -0.39 is 10.8 Å². The largest absolute Gasteiger partial charge is 0.471 e. The van der Waals surface area contributed by atoms with Crippen molar-refractivity contribution in [2.75, 3.05) is 19.4 Å². The van der Waals surface area contributed by atoms with Crippen LogP contribution in [-0.2, 0) is 15.5 Å². The molecule has 0 saturated heterocycles. The Hall–Kier alpha value is -0.420. The van der Waals surface area contributed by atoms with Gasteiger partial charge in [-0.15, -0.1) is 0 Å². The van der Waals surface area contributed by atoms with Crippen LogP contribution in [-0.4, -0.2) is 28.8 Å². The Morgan fingerprint density at radius 3 is 2.92 bits per heavy atom. The van der Waals surface area contributed by atoms with Gasteiger partial charge in [0.15, 0.2) is 0 Å². The molecule has 0 fully saturated rings. The summed E-state index contributed by atoms with van der Waals surface area (Å²) >= 11 is 4.84. The van der Waals surface area contributed by atoms with Crippen LogP contribution in [0, 0.1) is 0 Å². The van der Waals surface area contributed by atoms with Gasteiger partial charge in [0.2, 0.25) is 0 Å². The number of hydrogen-bond acceptors (Lipinski definition) is 3. The van der Waals surface area contributed by atoms with Crippen LogP contribution in [0.5, 0.6) is 0 Å². The van der Waals surface area contributed by atoms with Crippen molar-refractivity contribution in [3.63, 3.8) is 0 Å². The molecule has 0 aromatic rings. The maximum Gasteiger partial charge on any atom is 0.256 e. The van der Waals surface area contributed by atoms with Gasteiger partial charge in [0.25, 0.3) is 5.17 Å². The monoisotopic (exact) mass is 221 g/mol. The number of nitrogens with one attached hydrogen (secondary N) is 1. The lowest BCUT2D eigenvalue weighted by Gasteiger charge is -2.05. The second kappa shape index (κ2) is 8.19. The van der Waals surface area contributed by atoms with E-state index in [2.05, 4.69) is 5.32 Å². The van der Waals surface area contributed by atoms with Crippen LogP contribution in [0.2, 0.25) is 0 Å². The first kappa shape index (κ1) is 12.6. The second-order valence-electron chi connectivity index (χ2n) is 2.31. The van der Waals surface area contributed by atoms with E-state index >= 15 is 0 Å². The molecule has 1 N–H and O–H groups in total. The van der Waals surface area contributed by atoms with E-state index in [1.807, 2.05) is 13.0 Å². The normalized spacial score (nSPS) is 12.8. The highest BCUT2D eigenvalue weighted by Crippen LogP contribution is 1.85. The molecule has 1 atom stereocenters. The van der Waals surface area contributed by atoms with E-state index in [1.165, 1.54) is 0 Å². The summed E-state index contributed by atoms with van der Waals surface area (Å²) in [5.74, 6) is 0. The first-order valence-electron chi connectivity index (χ1n) is 4.06. The zero-order chi connectivity index (χ0) is 10.1. The second-order valence-corrected chi connectivity index (χ2v) is 3.95. The summed E-state index contributed by atoms with van der Waals surface area (Å²) in [6.07, 6.45) is 4.29. The molecule has 1 unspecified atom stereocenters. The minimum Gasteiger partial charge on any atom is -0.471 e. The zero-order valence-electron chi connectivity index (χ0n) is 7.91. The molecular formula is C8H15NO2S2. The number of thiocarbonyl (C=S) groups is 1. The van der Waals surface area contributed by atoms with Gasteiger partial charge in [-0.2, -0.15) is 0 Å². The maximum atomic E-state index is 10.6. The first-order chi connectivity index (χ1) is 6.16. The lowest BCUT2D eigenvalue weighted by atomic mass is 10.4. The van der Waals surface area contributed by atoms with Crippen LogP contribution in [0.4, 0.5) is 0 Å². The smallest absolute Gasteiger partial charge is 0.256 e. The van der Waals surface area contributed by atoms with Crippen molar-refractivity contribution in [3.8, 4) is 0 Å². The Labute approximate surface area is 87.0 Å². The van der Waals surface area contributed by atoms with Crippen molar-refractivity contribution in [3.05, 3.63) is 11.5 Å². The van der Waals surface area contributed by atoms with Crippen molar-refractivity contribution >= 4 is 28.2 Å². The molecular weight excluding hydrogens is 206 g/mol. The molecule has 3 nitrogen and oxygen atoms in total. The lowest BCUT2D eigenvalue weighted by Crippen LogP contribution is -2.24. The van der Waals surface area contributed by atoms with E-state index in [0.717, 1.165) is 6.42 Å². The third-order valence-corrected chi connectivity index (χ3v) is 1.98. The van der Waals surface area contributed by atoms with Crippen molar-refractivity contribution < 1.29 is 8.95 Å². The molecule has 0 bridgehead atoms. The molecule has 76 valence electrons. The number of hydrogen-bond donors (Lipinski definition) is 1. The van der Waals surface area contributed by atoms with Crippen LogP contribution < -0.4 is 5.32 Å². The summed E-state index contributed by atoms with van der Waals surface area (Å²) in [7, 11) is -0.856. The van der Waals surface area contributed by atoms with Gasteiger partial charge in [-0.1, -0.05) is 6.08 Å². The molecule has 0 aliphatic heterocycles. The van der Waals surface area contributed by atoms with Gasteiger partial charge in [-0.05, 0) is 31.0 Å². The molecule has 0 amide bonds. The first-order valence-corrected chi connectivity index (χ1v) is 6.09. The van der Waals surface area contributed by atoms with Crippen LogP contribution >= 0.6 is 12.2 Å². The van der Waals surface area contributed by atoms with Gasteiger partial charge in [0.05, 0.1) is 6.61 Å². The molecule has 0 aliphatic carbocycles. The Bertz CT molecular complexity index is 204. The van der Waals surface area contributed by atoms with Crippen molar-refractivity contribution in [1.29, 1.82) is 0 Å². The van der Waals surface area contributed by atoms with Gasteiger partial charge >= 0.3 is 0 Å².